The number of benzene rings is 2. The molecule has 0 amide bonds. The Bertz CT molecular complexity index is 1340. The fourth-order valence-corrected chi connectivity index (χ4v) is 4.38. The third-order valence-corrected chi connectivity index (χ3v) is 5.74. The van der Waals surface area contributed by atoms with Crippen molar-refractivity contribution < 1.29 is 8.78 Å². The number of rotatable bonds is 2. The summed E-state index contributed by atoms with van der Waals surface area (Å²) in [7, 11) is 1.61. The van der Waals surface area contributed by atoms with Gasteiger partial charge in [0.15, 0.2) is 5.82 Å². The number of hydrogen-bond donors (Lipinski definition) is 2. The van der Waals surface area contributed by atoms with Crippen LogP contribution < -0.4 is 10.9 Å². The number of nitrogens with zero attached hydrogens (tertiary/aromatic N) is 2. The van der Waals surface area contributed by atoms with E-state index in [9.17, 15) is 14.4 Å². The summed E-state index contributed by atoms with van der Waals surface area (Å²) in [4.78, 5) is 18.2. The van der Waals surface area contributed by atoms with Crippen molar-refractivity contribution in [2.75, 3.05) is 12.4 Å². The Morgan fingerprint density at radius 1 is 1.37 bits per heavy atom. The molecule has 0 aliphatic carbocycles. The lowest BCUT2D eigenvalue weighted by atomic mass is 9.97. The van der Waals surface area contributed by atoms with Gasteiger partial charge in [-0.15, -0.1) is 11.3 Å². The highest BCUT2D eigenvalue weighted by atomic mass is 35.5. The number of aromatic amines is 1. The molecule has 2 heterocycles. The fourth-order valence-electron chi connectivity index (χ4n) is 3.05. The lowest BCUT2D eigenvalue weighted by Gasteiger charge is -2.11. The average Bonchev–Trinajstić information content (AvgIpc) is 3.04. The van der Waals surface area contributed by atoms with Crippen molar-refractivity contribution in [3.63, 3.8) is 0 Å². The molecule has 2 aromatic heterocycles. The third kappa shape index (κ3) is 2.47. The number of hydrogen-bond acceptors (Lipinski definition) is 5. The predicted octanol–water partition coefficient (Wildman–Crippen LogP) is 4.65. The Morgan fingerprint density at radius 2 is 2.15 bits per heavy atom. The second-order valence-corrected chi connectivity index (χ2v) is 7.07. The van der Waals surface area contributed by atoms with Crippen molar-refractivity contribution in [2.24, 2.45) is 0 Å². The van der Waals surface area contributed by atoms with Crippen molar-refractivity contribution >= 4 is 48.9 Å². The second-order valence-electron chi connectivity index (χ2n) is 5.64. The van der Waals surface area contributed by atoms with E-state index in [1.165, 1.54) is 18.2 Å². The van der Waals surface area contributed by atoms with Gasteiger partial charge in [0.25, 0.3) is 5.56 Å². The summed E-state index contributed by atoms with van der Waals surface area (Å²) in [5.41, 5.74) is -0.265. The summed E-state index contributed by atoms with van der Waals surface area (Å²) in [6, 6.07) is 5.91. The number of thiophene rings is 1. The summed E-state index contributed by atoms with van der Waals surface area (Å²) in [6.45, 7) is 0. The van der Waals surface area contributed by atoms with E-state index in [1.807, 2.05) is 6.07 Å². The van der Waals surface area contributed by atoms with E-state index in [0.717, 1.165) is 17.7 Å². The molecule has 0 unspecified atom stereocenters. The first kappa shape index (κ1) is 17.4. The fraction of sp³-hybridized carbons (Fsp3) is 0.0556. The molecule has 9 heteroatoms. The average molecular weight is 403 g/mol. The highest BCUT2D eigenvalue weighted by molar-refractivity contribution is 7.23. The first-order valence-corrected chi connectivity index (χ1v) is 8.86. The lowest BCUT2D eigenvalue weighted by Crippen LogP contribution is -2.08. The first-order chi connectivity index (χ1) is 13.0. The minimum atomic E-state index is -0.808. The number of fused-ring (bicyclic) bond motifs is 2. The molecule has 0 aliphatic heterocycles. The molecule has 27 heavy (non-hydrogen) atoms. The molecule has 2 N–H and O–H groups in total. The molecule has 0 aliphatic rings. The second kappa shape index (κ2) is 6.30. The molecular weight excluding hydrogens is 394 g/mol. The van der Waals surface area contributed by atoms with Gasteiger partial charge in [0, 0.05) is 18.0 Å². The molecule has 0 saturated heterocycles. The molecule has 0 spiro atoms. The van der Waals surface area contributed by atoms with Crippen molar-refractivity contribution in [1.82, 2.24) is 9.97 Å². The van der Waals surface area contributed by atoms with Gasteiger partial charge < -0.3 is 10.3 Å². The van der Waals surface area contributed by atoms with E-state index in [2.05, 4.69) is 15.3 Å². The number of anilines is 1. The monoisotopic (exact) mass is 402 g/mol. The van der Waals surface area contributed by atoms with Crippen LogP contribution in [0.4, 0.5) is 13.8 Å². The van der Waals surface area contributed by atoms with Gasteiger partial charge in [-0.25, -0.2) is 13.8 Å². The topological polar surface area (TPSA) is 81.6 Å². The Labute approximate surface area is 159 Å². The zero-order valence-corrected chi connectivity index (χ0v) is 15.2. The molecule has 4 aromatic rings. The number of halogens is 3. The van der Waals surface area contributed by atoms with Gasteiger partial charge in [0.2, 0.25) is 0 Å². The number of H-pyrrole nitrogens is 1. The van der Waals surface area contributed by atoms with E-state index in [-0.39, 0.29) is 42.7 Å². The van der Waals surface area contributed by atoms with E-state index >= 15 is 4.39 Å². The third-order valence-electron chi connectivity index (χ3n) is 4.23. The molecule has 0 bridgehead atoms. The van der Waals surface area contributed by atoms with Crippen LogP contribution >= 0.6 is 22.9 Å². The molecule has 0 saturated carbocycles. The van der Waals surface area contributed by atoms with Crippen molar-refractivity contribution in [1.29, 1.82) is 5.26 Å². The first-order valence-electron chi connectivity index (χ1n) is 7.66. The van der Waals surface area contributed by atoms with Gasteiger partial charge in [-0.05, 0) is 17.7 Å². The molecule has 0 radical (unpaired) electrons. The van der Waals surface area contributed by atoms with E-state index in [4.69, 9.17) is 11.6 Å². The standard InChI is InChI=1S/C18H9ClF2N4OS/c1-23-18-9(5-22)12-7(2-3-11(20)16(12)27-18)13-10(19)4-8-15(14(13)21)24-6-25-17(8)26/h2-4,6,23H,1H3,(H,24,25,26). The molecule has 134 valence electrons. The molecule has 0 fully saturated rings. The van der Waals surface area contributed by atoms with Gasteiger partial charge in [-0.3, -0.25) is 4.79 Å². The zero-order valence-electron chi connectivity index (χ0n) is 13.7. The van der Waals surface area contributed by atoms with Crippen molar-refractivity contribution in [3.8, 4) is 17.2 Å². The van der Waals surface area contributed by atoms with Crippen LogP contribution in [0.1, 0.15) is 5.56 Å². The van der Waals surface area contributed by atoms with E-state index in [1.54, 1.807) is 7.05 Å². The number of nitrogens with one attached hydrogen (secondary N) is 2. The van der Waals surface area contributed by atoms with Crippen LogP contribution in [0.2, 0.25) is 5.02 Å². The van der Waals surface area contributed by atoms with Crippen molar-refractivity contribution in [3.05, 3.63) is 57.1 Å². The molecular formula is C18H9ClF2N4OS. The summed E-state index contributed by atoms with van der Waals surface area (Å²) in [5, 5.41) is 13.1. The van der Waals surface area contributed by atoms with Gasteiger partial charge in [-0.1, -0.05) is 17.7 Å². The highest BCUT2D eigenvalue weighted by Gasteiger charge is 2.23. The smallest absolute Gasteiger partial charge is 0.258 e. The minimum absolute atomic E-state index is 0.00356. The maximum Gasteiger partial charge on any atom is 0.258 e. The number of aromatic nitrogens is 2. The van der Waals surface area contributed by atoms with E-state index in [0.29, 0.717) is 5.00 Å². The van der Waals surface area contributed by atoms with Crippen LogP contribution in [-0.4, -0.2) is 17.0 Å². The number of nitriles is 1. The molecule has 2 aromatic carbocycles. The minimum Gasteiger partial charge on any atom is -0.379 e. The Hall–Kier alpha value is -3.02. The summed E-state index contributed by atoms with van der Waals surface area (Å²) >= 11 is 7.34. The Kier molecular flexibility index (Phi) is 4.06. The Balaban J connectivity index is 2.19. The van der Waals surface area contributed by atoms with Gasteiger partial charge in [0.1, 0.15) is 22.4 Å². The molecule has 5 nitrogen and oxygen atoms in total. The molecule has 0 atom stereocenters. The maximum atomic E-state index is 15.3. The van der Waals surface area contributed by atoms with Crippen molar-refractivity contribution in [2.45, 2.75) is 0 Å². The van der Waals surface area contributed by atoms with Crippen LogP contribution in [0, 0.1) is 23.0 Å². The van der Waals surface area contributed by atoms with Gasteiger partial charge >= 0.3 is 0 Å². The summed E-state index contributed by atoms with van der Waals surface area (Å²) < 4.78 is 29.8. The summed E-state index contributed by atoms with van der Waals surface area (Å²) in [5.74, 6) is -1.33. The predicted molar refractivity (Wildman–Crippen MR) is 102 cm³/mol. The van der Waals surface area contributed by atoms with Crippen LogP contribution in [-0.2, 0) is 0 Å². The lowest BCUT2D eigenvalue weighted by molar-refractivity contribution is 0.638. The maximum absolute atomic E-state index is 15.3. The van der Waals surface area contributed by atoms with Gasteiger partial charge in [0.05, 0.1) is 27.0 Å². The summed E-state index contributed by atoms with van der Waals surface area (Å²) in [6.07, 6.45) is 1.09. The Morgan fingerprint density at radius 3 is 2.85 bits per heavy atom. The van der Waals surface area contributed by atoms with Crippen LogP contribution in [0.15, 0.2) is 29.3 Å². The van der Waals surface area contributed by atoms with Gasteiger partial charge in [-0.2, -0.15) is 5.26 Å². The van der Waals surface area contributed by atoms with E-state index < -0.39 is 17.2 Å². The highest BCUT2D eigenvalue weighted by Crippen LogP contribution is 2.45. The molecule has 4 rings (SSSR count). The zero-order chi connectivity index (χ0) is 19.3. The van der Waals surface area contributed by atoms with Crippen LogP contribution in [0.25, 0.3) is 32.1 Å². The largest absolute Gasteiger partial charge is 0.379 e. The normalized spacial score (nSPS) is 11.1. The SMILES string of the molecule is CNc1sc2c(F)ccc(-c3c(Cl)cc4c(=O)[nH]cnc4c3F)c2c1C#N. The van der Waals surface area contributed by atoms with Crippen LogP contribution in [0.3, 0.4) is 0 Å². The van der Waals surface area contributed by atoms with Crippen LogP contribution in [0.5, 0.6) is 0 Å². The quantitative estimate of drug-likeness (QED) is 0.511.